The molecule has 0 unspecified atom stereocenters. The first kappa shape index (κ1) is 16.3. The second-order valence-corrected chi connectivity index (χ2v) is 6.38. The van der Waals surface area contributed by atoms with E-state index in [0.717, 1.165) is 48.3 Å². The van der Waals surface area contributed by atoms with Crippen molar-refractivity contribution < 1.29 is 9.53 Å². The third-order valence-corrected chi connectivity index (χ3v) is 4.59. The van der Waals surface area contributed by atoms with Crippen molar-refractivity contribution in [3.8, 4) is 5.75 Å². The lowest BCUT2D eigenvalue weighted by atomic mass is 10.1. The minimum Gasteiger partial charge on any atom is -0.496 e. The molecule has 1 aromatic rings. The van der Waals surface area contributed by atoms with E-state index in [4.69, 9.17) is 4.74 Å². The first-order valence-corrected chi connectivity index (χ1v) is 8.18. The van der Waals surface area contributed by atoms with Gasteiger partial charge in [0.15, 0.2) is 0 Å². The molecular formula is C16H23BrN2O2. The van der Waals surface area contributed by atoms with E-state index in [-0.39, 0.29) is 5.91 Å². The fourth-order valence-electron chi connectivity index (χ4n) is 2.79. The van der Waals surface area contributed by atoms with Gasteiger partial charge in [0.2, 0.25) is 5.91 Å². The molecule has 1 aromatic carbocycles. The molecule has 1 N–H and O–H groups in total. The van der Waals surface area contributed by atoms with Crippen molar-refractivity contribution >= 4 is 21.8 Å². The molecule has 1 amide bonds. The summed E-state index contributed by atoms with van der Waals surface area (Å²) in [5, 5.41) is 3.19. The molecule has 1 saturated heterocycles. The minimum atomic E-state index is 0.264. The zero-order valence-corrected chi connectivity index (χ0v) is 14.3. The number of methoxy groups -OCH3 is 1. The number of likely N-dealkylation sites (tertiary alicyclic amines) is 1. The number of nitrogens with zero attached hydrogens (tertiary/aromatic N) is 1. The number of halogens is 1. The molecule has 1 heterocycles. The van der Waals surface area contributed by atoms with Crippen LogP contribution in [0.3, 0.4) is 0 Å². The largest absolute Gasteiger partial charge is 0.496 e. The van der Waals surface area contributed by atoms with Gasteiger partial charge in [-0.25, -0.2) is 0 Å². The van der Waals surface area contributed by atoms with Crippen molar-refractivity contribution in [2.24, 2.45) is 5.92 Å². The Balaban J connectivity index is 1.83. The summed E-state index contributed by atoms with van der Waals surface area (Å²) in [7, 11) is 3.62. The summed E-state index contributed by atoms with van der Waals surface area (Å²) in [6.45, 7) is 2.79. The Morgan fingerprint density at radius 1 is 1.52 bits per heavy atom. The van der Waals surface area contributed by atoms with Crippen molar-refractivity contribution in [1.29, 1.82) is 0 Å². The number of carbonyl (C=O) groups is 1. The van der Waals surface area contributed by atoms with E-state index in [0.29, 0.717) is 12.3 Å². The van der Waals surface area contributed by atoms with Crippen LogP contribution in [0, 0.1) is 5.92 Å². The van der Waals surface area contributed by atoms with Crippen LogP contribution in [0.25, 0.3) is 0 Å². The summed E-state index contributed by atoms with van der Waals surface area (Å²) in [6, 6.07) is 5.98. The van der Waals surface area contributed by atoms with Gasteiger partial charge in [-0.15, -0.1) is 0 Å². The Bertz CT molecular complexity index is 493. The molecule has 0 radical (unpaired) electrons. The number of hydrogen-bond acceptors (Lipinski definition) is 3. The molecule has 1 aliphatic heterocycles. The van der Waals surface area contributed by atoms with Crippen LogP contribution in [0.5, 0.6) is 5.75 Å². The summed E-state index contributed by atoms with van der Waals surface area (Å²) < 4.78 is 6.15. The lowest BCUT2D eigenvalue weighted by Crippen LogP contribution is -2.30. The summed E-state index contributed by atoms with van der Waals surface area (Å²) in [5.41, 5.74) is 1.15. The normalized spacial score (nSPS) is 18.0. The quantitative estimate of drug-likeness (QED) is 0.852. The van der Waals surface area contributed by atoms with Gasteiger partial charge >= 0.3 is 0 Å². The highest BCUT2D eigenvalue weighted by Crippen LogP contribution is 2.26. The van der Waals surface area contributed by atoms with Crippen molar-refractivity contribution in [3.63, 3.8) is 0 Å². The Morgan fingerprint density at radius 3 is 3.00 bits per heavy atom. The molecule has 4 nitrogen and oxygen atoms in total. The maximum atomic E-state index is 12.2. The van der Waals surface area contributed by atoms with Gasteiger partial charge in [-0.1, -0.05) is 6.07 Å². The van der Waals surface area contributed by atoms with E-state index in [1.54, 1.807) is 7.11 Å². The second kappa shape index (κ2) is 7.80. The maximum absolute atomic E-state index is 12.2. The van der Waals surface area contributed by atoms with Crippen LogP contribution in [-0.4, -0.2) is 44.6 Å². The van der Waals surface area contributed by atoms with Crippen LogP contribution in [0.4, 0.5) is 0 Å². The fraction of sp³-hybridized carbons (Fsp3) is 0.562. The van der Waals surface area contributed by atoms with E-state index in [2.05, 4.69) is 21.2 Å². The van der Waals surface area contributed by atoms with Gasteiger partial charge in [-0.05, 0) is 66.0 Å². The van der Waals surface area contributed by atoms with Crippen LogP contribution < -0.4 is 10.1 Å². The standard InChI is InChI=1S/C16H23BrN2O2/c1-18-10-13-7-8-19(11-13)16(20)6-4-12-3-5-15(21-2)14(17)9-12/h3,5,9,13,18H,4,6-8,10-11H2,1-2H3/t13-/m0/s1. The molecule has 0 spiro atoms. The Kier molecular flexibility index (Phi) is 6.06. The van der Waals surface area contributed by atoms with Crippen LogP contribution in [-0.2, 0) is 11.2 Å². The van der Waals surface area contributed by atoms with Crippen LogP contribution >= 0.6 is 15.9 Å². The SMILES string of the molecule is CNC[C@@H]1CCN(C(=O)CCc2ccc(OC)c(Br)c2)C1. The zero-order chi connectivity index (χ0) is 15.2. The lowest BCUT2D eigenvalue weighted by molar-refractivity contribution is -0.130. The lowest BCUT2D eigenvalue weighted by Gasteiger charge is -2.16. The van der Waals surface area contributed by atoms with Crippen molar-refractivity contribution in [2.45, 2.75) is 19.3 Å². The number of benzene rings is 1. The number of ether oxygens (including phenoxy) is 1. The van der Waals surface area contributed by atoms with E-state index in [1.165, 1.54) is 0 Å². The number of carbonyl (C=O) groups excluding carboxylic acids is 1. The predicted octanol–water partition coefficient (Wildman–Crippen LogP) is 2.46. The highest BCUT2D eigenvalue weighted by atomic mass is 79.9. The molecule has 0 saturated carbocycles. The van der Waals surface area contributed by atoms with Gasteiger partial charge in [0.05, 0.1) is 11.6 Å². The van der Waals surface area contributed by atoms with Gasteiger partial charge in [-0.3, -0.25) is 4.79 Å². The molecule has 2 rings (SSSR count). The summed E-state index contributed by atoms with van der Waals surface area (Å²) in [4.78, 5) is 14.2. The number of nitrogens with one attached hydrogen (secondary N) is 1. The molecule has 1 atom stereocenters. The number of amides is 1. The molecule has 0 aliphatic carbocycles. The average Bonchev–Trinajstić information content (AvgIpc) is 2.94. The van der Waals surface area contributed by atoms with E-state index >= 15 is 0 Å². The molecule has 5 heteroatoms. The van der Waals surface area contributed by atoms with Gasteiger partial charge in [0, 0.05) is 19.5 Å². The molecule has 1 aliphatic rings. The molecule has 116 valence electrons. The summed E-state index contributed by atoms with van der Waals surface area (Å²) in [5.74, 6) is 1.69. The number of hydrogen-bond donors (Lipinski definition) is 1. The van der Waals surface area contributed by atoms with Crippen molar-refractivity contribution in [2.75, 3.05) is 33.8 Å². The summed E-state index contributed by atoms with van der Waals surface area (Å²) >= 11 is 3.48. The highest BCUT2D eigenvalue weighted by molar-refractivity contribution is 9.10. The molecule has 21 heavy (non-hydrogen) atoms. The van der Waals surface area contributed by atoms with Crippen molar-refractivity contribution in [1.82, 2.24) is 10.2 Å². The maximum Gasteiger partial charge on any atom is 0.222 e. The molecule has 0 bridgehead atoms. The van der Waals surface area contributed by atoms with Crippen LogP contribution in [0.2, 0.25) is 0 Å². The van der Waals surface area contributed by atoms with Gasteiger partial charge in [-0.2, -0.15) is 0 Å². The first-order valence-electron chi connectivity index (χ1n) is 7.38. The van der Waals surface area contributed by atoms with Crippen LogP contribution in [0.1, 0.15) is 18.4 Å². The first-order chi connectivity index (χ1) is 10.1. The highest BCUT2D eigenvalue weighted by Gasteiger charge is 2.25. The Labute approximate surface area is 135 Å². The van der Waals surface area contributed by atoms with E-state index in [9.17, 15) is 4.79 Å². The Morgan fingerprint density at radius 2 is 2.33 bits per heavy atom. The number of aryl methyl sites for hydroxylation is 1. The molecule has 0 aromatic heterocycles. The smallest absolute Gasteiger partial charge is 0.222 e. The van der Waals surface area contributed by atoms with E-state index in [1.807, 2.05) is 30.1 Å². The predicted molar refractivity (Wildman–Crippen MR) is 87.6 cm³/mol. The minimum absolute atomic E-state index is 0.264. The van der Waals surface area contributed by atoms with Crippen LogP contribution in [0.15, 0.2) is 22.7 Å². The monoisotopic (exact) mass is 354 g/mol. The van der Waals surface area contributed by atoms with Crippen molar-refractivity contribution in [3.05, 3.63) is 28.2 Å². The summed E-state index contributed by atoms with van der Waals surface area (Å²) in [6.07, 6.45) is 2.46. The number of rotatable bonds is 6. The van der Waals surface area contributed by atoms with E-state index < -0.39 is 0 Å². The fourth-order valence-corrected chi connectivity index (χ4v) is 3.38. The zero-order valence-electron chi connectivity index (χ0n) is 12.7. The topological polar surface area (TPSA) is 41.6 Å². The average molecular weight is 355 g/mol. The molecular weight excluding hydrogens is 332 g/mol. The molecule has 1 fully saturated rings. The van der Waals surface area contributed by atoms with Gasteiger partial charge < -0.3 is 15.0 Å². The Hall–Kier alpha value is -1.07. The second-order valence-electron chi connectivity index (χ2n) is 5.52. The third-order valence-electron chi connectivity index (χ3n) is 3.98. The third kappa shape index (κ3) is 4.45. The van der Waals surface area contributed by atoms with Gasteiger partial charge in [0.1, 0.15) is 5.75 Å². The van der Waals surface area contributed by atoms with Gasteiger partial charge in [0.25, 0.3) is 0 Å².